The van der Waals surface area contributed by atoms with Crippen LogP contribution in [0, 0.1) is 0 Å². The van der Waals surface area contributed by atoms with Gasteiger partial charge in [0.05, 0.1) is 0 Å². The van der Waals surface area contributed by atoms with Crippen molar-refractivity contribution in [2.24, 2.45) is 0 Å². The molecule has 72 valence electrons. The van der Waals surface area contributed by atoms with Gasteiger partial charge in [-0.25, -0.2) is 9.78 Å². The first-order chi connectivity index (χ1) is 6.23. The summed E-state index contributed by atoms with van der Waals surface area (Å²) in [7, 11) is 0. The zero-order chi connectivity index (χ0) is 9.73. The molecule has 4 nitrogen and oxygen atoms in total. The Morgan fingerprint density at radius 2 is 1.85 bits per heavy atom. The molecule has 0 aliphatic rings. The lowest BCUT2D eigenvalue weighted by molar-refractivity contribution is -0.366. The van der Waals surface area contributed by atoms with Gasteiger partial charge in [0, 0.05) is 0 Å². The van der Waals surface area contributed by atoms with Gasteiger partial charge in [-0.3, -0.25) is 10.5 Å². The van der Waals surface area contributed by atoms with Crippen LogP contribution in [0.5, 0.6) is 0 Å². The molecule has 1 unspecified atom stereocenters. The molecule has 13 heavy (non-hydrogen) atoms. The first-order valence-electron chi connectivity index (χ1n) is 3.87. The number of rotatable bonds is 4. The quantitative estimate of drug-likeness (QED) is 0.554. The Balaban J connectivity index is 2.89. The number of hydrogen-bond donors (Lipinski definition) is 2. The fourth-order valence-electron chi connectivity index (χ4n) is 1.08. The van der Waals surface area contributed by atoms with Gasteiger partial charge in [-0.05, 0) is 12.5 Å². The minimum Gasteiger partial charge on any atom is -0.252 e. The highest BCUT2D eigenvalue weighted by Crippen LogP contribution is 2.23. The van der Waals surface area contributed by atoms with Crippen molar-refractivity contribution < 1.29 is 20.3 Å². The average molecular weight is 184 g/mol. The van der Waals surface area contributed by atoms with Crippen LogP contribution in [0.4, 0.5) is 0 Å². The van der Waals surface area contributed by atoms with Crippen molar-refractivity contribution in [3.63, 3.8) is 0 Å². The van der Waals surface area contributed by atoms with Gasteiger partial charge in [0.25, 0.3) is 0 Å². The average Bonchev–Trinajstić information content (AvgIpc) is 2.19. The second kappa shape index (κ2) is 4.34. The Kier molecular flexibility index (Phi) is 3.39. The summed E-state index contributed by atoms with van der Waals surface area (Å²) in [6.07, 6.45) is 0. The summed E-state index contributed by atoms with van der Waals surface area (Å²) in [5, 5.41) is 17.0. The molecule has 0 amide bonds. The molecule has 0 bridgehead atoms. The lowest BCUT2D eigenvalue weighted by Gasteiger charge is -2.24. The smallest absolute Gasteiger partial charge is 0.152 e. The predicted octanol–water partition coefficient (Wildman–Crippen LogP) is 1.88. The van der Waals surface area contributed by atoms with Crippen LogP contribution in [0.1, 0.15) is 12.5 Å². The van der Waals surface area contributed by atoms with E-state index >= 15 is 0 Å². The van der Waals surface area contributed by atoms with Gasteiger partial charge in [0.1, 0.15) is 6.61 Å². The van der Waals surface area contributed by atoms with E-state index in [2.05, 4.69) is 9.78 Å². The van der Waals surface area contributed by atoms with Crippen LogP contribution >= 0.6 is 0 Å². The SMILES string of the molecule is CC(COO)(OO)c1ccccc1. The number of benzene rings is 1. The zero-order valence-corrected chi connectivity index (χ0v) is 7.30. The molecule has 1 aromatic carbocycles. The summed E-state index contributed by atoms with van der Waals surface area (Å²) in [4.78, 5) is 8.25. The van der Waals surface area contributed by atoms with E-state index in [0.29, 0.717) is 0 Å². The van der Waals surface area contributed by atoms with E-state index < -0.39 is 5.60 Å². The highest BCUT2D eigenvalue weighted by Gasteiger charge is 2.28. The van der Waals surface area contributed by atoms with Gasteiger partial charge in [-0.15, -0.1) is 0 Å². The predicted molar refractivity (Wildman–Crippen MR) is 46.1 cm³/mol. The van der Waals surface area contributed by atoms with Crippen molar-refractivity contribution in [1.29, 1.82) is 0 Å². The second-order valence-electron chi connectivity index (χ2n) is 2.96. The molecule has 1 aromatic rings. The zero-order valence-electron chi connectivity index (χ0n) is 7.30. The van der Waals surface area contributed by atoms with E-state index in [-0.39, 0.29) is 6.61 Å². The molecule has 1 atom stereocenters. The largest absolute Gasteiger partial charge is 0.252 e. The van der Waals surface area contributed by atoms with Crippen molar-refractivity contribution in [3.8, 4) is 0 Å². The minimum absolute atomic E-state index is 0.131. The lowest BCUT2D eigenvalue weighted by atomic mass is 9.97. The Labute approximate surface area is 76.2 Å². The van der Waals surface area contributed by atoms with Crippen LogP contribution in [0.15, 0.2) is 30.3 Å². The summed E-state index contributed by atoms with van der Waals surface area (Å²) in [5.41, 5.74) is -0.303. The normalized spacial score (nSPS) is 15.3. The van der Waals surface area contributed by atoms with E-state index in [9.17, 15) is 0 Å². The Morgan fingerprint density at radius 1 is 1.23 bits per heavy atom. The highest BCUT2D eigenvalue weighted by atomic mass is 17.1. The lowest BCUT2D eigenvalue weighted by Crippen LogP contribution is -2.30. The molecule has 0 spiro atoms. The van der Waals surface area contributed by atoms with Crippen molar-refractivity contribution in [1.82, 2.24) is 0 Å². The maximum absolute atomic E-state index is 8.68. The molecule has 0 saturated carbocycles. The molecule has 1 rings (SSSR count). The molecule has 2 N–H and O–H groups in total. The van der Waals surface area contributed by atoms with E-state index in [1.807, 2.05) is 18.2 Å². The second-order valence-corrected chi connectivity index (χ2v) is 2.96. The summed E-state index contributed by atoms with van der Waals surface area (Å²) in [6, 6.07) is 9.01. The molecular formula is C9H12O4. The van der Waals surface area contributed by atoms with Crippen molar-refractivity contribution >= 4 is 0 Å². The maximum atomic E-state index is 8.68. The van der Waals surface area contributed by atoms with Crippen LogP contribution in [-0.4, -0.2) is 17.1 Å². The molecule has 0 aromatic heterocycles. The Bertz CT molecular complexity index is 249. The fraction of sp³-hybridized carbons (Fsp3) is 0.333. The topological polar surface area (TPSA) is 58.9 Å². The van der Waals surface area contributed by atoms with Crippen molar-refractivity contribution in [2.45, 2.75) is 12.5 Å². The van der Waals surface area contributed by atoms with Crippen LogP contribution in [-0.2, 0) is 15.4 Å². The van der Waals surface area contributed by atoms with E-state index in [1.165, 1.54) is 0 Å². The standard InChI is InChI=1S/C9H12O4/c1-9(13-11,7-12-10)8-5-3-2-4-6-8/h2-6,10-11H,7H2,1H3. The highest BCUT2D eigenvalue weighted by molar-refractivity contribution is 5.21. The molecule has 4 heteroatoms. The van der Waals surface area contributed by atoms with Gasteiger partial charge in [-0.2, -0.15) is 0 Å². The third kappa shape index (κ3) is 2.26. The molecule has 0 radical (unpaired) electrons. The van der Waals surface area contributed by atoms with Crippen LogP contribution in [0.3, 0.4) is 0 Å². The Morgan fingerprint density at radius 3 is 2.31 bits per heavy atom. The third-order valence-corrected chi connectivity index (χ3v) is 1.93. The molecular weight excluding hydrogens is 172 g/mol. The fourth-order valence-corrected chi connectivity index (χ4v) is 1.08. The first kappa shape index (κ1) is 10.1. The molecule has 0 aliphatic carbocycles. The summed E-state index contributed by atoms with van der Waals surface area (Å²) >= 11 is 0. The van der Waals surface area contributed by atoms with Gasteiger partial charge >= 0.3 is 0 Å². The van der Waals surface area contributed by atoms with Crippen molar-refractivity contribution in [3.05, 3.63) is 35.9 Å². The molecule has 0 fully saturated rings. The summed E-state index contributed by atoms with van der Waals surface area (Å²) in [5.74, 6) is 0. The minimum atomic E-state index is -1.03. The summed E-state index contributed by atoms with van der Waals surface area (Å²) in [6.45, 7) is 1.48. The number of hydrogen-bond acceptors (Lipinski definition) is 4. The molecule has 0 aliphatic heterocycles. The van der Waals surface area contributed by atoms with Gasteiger partial charge in [0.2, 0.25) is 0 Å². The molecule has 0 saturated heterocycles. The summed E-state index contributed by atoms with van der Waals surface area (Å²) < 4.78 is 0. The molecule has 0 heterocycles. The van der Waals surface area contributed by atoms with Gasteiger partial charge in [0.15, 0.2) is 5.60 Å². The third-order valence-electron chi connectivity index (χ3n) is 1.93. The monoisotopic (exact) mass is 184 g/mol. The maximum Gasteiger partial charge on any atom is 0.152 e. The van der Waals surface area contributed by atoms with E-state index in [4.69, 9.17) is 10.5 Å². The van der Waals surface area contributed by atoms with E-state index in [0.717, 1.165) is 5.56 Å². The van der Waals surface area contributed by atoms with Crippen LogP contribution in [0.25, 0.3) is 0 Å². The van der Waals surface area contributed by atoms with Gasteiger partial charge < -0.3 is 0 Å². The Hall–Kier alpha value is -0.940. The first-order valence-corrected chi connectivity index (χ1v) is 3.87. The van der Waals surface area contributed by atoms with Crippen LogP contribution in [0.2, 0.25) is 0 Å². The van der Waals surface area contributed by atoms with E-state index in [1.54, 1.807) is 19.1 Å². The van der Waals surface area contributed by atoms with Crippen LogP contribution < -0.4 is 0 Å². The van der Waals surface area contributed by atoms with Crippen molar-refractivity contribution in [2.75, 3.05) is 6.61 Å². The van der Waals surface area contributed by atoms with Gasteiger partial charge in [-0.1, -0.05) is 30.3 Å².